The molecule has 0 amide bonds. The highest BCUT2D eigenvalue weighted by Gasteiger charge is 2.14. The second kappa shape index (κ2) is 8.34. The molecule has 0 spiro atoms. The standard InChI is InChI=1S/C19H23NO4/c1-3-13-24-16-9-5-4-7-15(16)8-6-11-20-12-10-14(2)17(18(20)21)19(22)23/h4-5,7,9-10,12H,3,6,8,11,13H2,1-2H3,(H,22,23). The maximum absolute atomic E-state index is 12.2. The summed E-state index contributed by atoms with van der Waals surface area (Å²) in [6.45, 7) is 4.85. The first kappa shape index (κ1) is 17.8. The van der Waals surface area contributed by atoms with Crippen LogP contribution in [0.2, 0.25) is 0 Å². The van der Waals surface area contributed by atoms with Gasteiger partial charge >= 0.3 is 5.97 Å². The highest BCUT2D eigenvalue weighted by molar-refractivity contribution is 5.88. The Morgan fingerprint density at radius 2 is 2.00 bits per heavy atom. The molecule has 1 N–H and O–H groups in total. The van der Waals surface area contributed by atoms with Crippen molar-refractivity contribution in [2.24, 2.45) is 0 Å². The molecular weight excluding hydrogens is 306 g/mol. The van der Waals surface area contributed by atoms with Crippen molar-refractivity contribution in [2.75, 3.05) is 6.61 Å². The van der Waals surface area contributed by atoms with Crippen molar-refractivity contribution in [3.05, 3.63) is 63.6 Å². The molecule has 0 saturated heterocycles. The van der Waals surface area contributed by atoms with Gasteiger partial charge in [0.05, 0.1) is 6.61 Å². The molecule has 0 radical (unpaired) electrons. The molecule has 0 fully saturated rings. The first-order valence-corrected chi connectivity index (χ1v) is 8.18. The third-order valence-corrected chi connectivity index (χ3v) is 3.87. The van der Waals surface area contributed by atoms with Crippen LogP contribution in [-0.2, 0) is 13.0 Å². The van der Waals surface area contributed by atoms with E-state index in [1.165, 1.54) is 4.57 Å². The summed E-state index contributed by atoms with van der Waals surface area (Å²) in [7, 11) is 0. The van der Waals surface area contributed by atoms with Gasteiger partial charge < -0.3 is 14.4 Å². The number of pyridine rings is 1. The van der Waals surface area contributed by atoms with Crippen LogP contribution < -0.4 is 10.3 Å². The van der Waals surface area contributed by atoms with Crippen LogP contribution in [0.4, 0.5) is 0 Å². The van der Waals surface area contributed by atoms with Crippen molar-refractivity contribution >= 4 is 5.97 Å². The summed E-state index contributed by atoms with van der Waals surface area (Å²) in [6.07, 6.45) is 4.10. The molecule has 2 rings (SSSR count). The molecule has 2 aromatic rings. The van der Waals surface area contributed by atoms with Gasteiger partial charge in [-0.2, -0.15) is 0 Å². The van der Waals surface area contributed by atoms with Crippen LogP contribution in [0.1, 0.15) is 41.3 Å². The lowest BCUT2D eigenvalue weighted by atomic mass is 10.1. The summed E-state index contributed by atoms with van der Waals surface area (Å²) < 4.78 is 7.20. The van der Waals surface area contributed by atoms with Gasteiger partial charge in [0.15, 0.2) is 0 Å². The Morgan fingerprint density at radius 1 is 1.25 bits per heavy atom. The number of ether oxygens (including phenoxy) is 1. The average Bonchev–Trinajstić information content (AvgIpc) is 2.55. The predicted molar refractivity (Wildman–Crippen MR) is 92.9 cm³/mol. The van der Waals surface area contributed by atoms with E-state index in [0.717, 1.165) is 30.6 Å². The second-order valence-corrected chi connectivity index (χ2v) is 5.74. The van der Waals surface area contributed by atoms with Crippen LogP contribution in [0.3, 0.4) is 0 Å². The number of carbonyl (C=O) groups is 1. The Morgan fingerprint density at radius 3 is 2.71 bits per heavy atom. The SMILES string of the molecule is CCCOc1ccccc1CCCn1ccc(C)c(C(=O)O)c1=O. The minimum atomic E-state index is -1.18. The molecule has 0 aliphatic carbocycles. The fraction of sp³-hybridized carbons (Fsp3) is 0.368. The predicted octanol–water partition coefficient (Wildman–Crippen LogP) is 3.28. The van der Waals surface area contributed by atoms with E-state index in [2.05, 4.69) is 6.92 Å². The van der Waals surface area contributed by atoms with Crippen molar-refractivity contribution in [1.82, 2.24) is 4.57 Å². The van der Waals surface area contributed by atoms with Crippen LogP contribution >= 0.6 is 0 Å². The van der Waals surface area contributed by atoms with Crippen molar-refractivity contribution in [1.29, 1.82) is 0 Å². The van der Waals surface area contributed by atoms with Gasteiger partial charge in [0.25, 0.3) is 5.56 Å². The molecule has 0 unspecified atom stereocenters. The van der Waals surface area contributed by atoms with Crippen LogP contribution in [0.5, 0.6) is 5.75 Å². The normalized spacial score (nSPS) is 10.6. The van der Waals surface area contributed by atoms with Gasteiger partial charge in [-0.3, -0.25) is 4.79 Å². The zero-order chi connectivity index (χ0) is 17.5. The van der Waals surface area contributed by atoms with Gasteiger partial charge in [-0.25, -0.2) is 4.79 Å². The molecule has 24 heavy (non-hydrogen) atoms. The van der Waals surface area contributed by atoms with Crippen LogP contribution in [0.15, 0.2) is 41.3 Å². The van der Waals surface area contributed by atoms with Crippen molar-refractivity contribution in [2.45, 2.75) is 39.7 Å². The summed E-state index contributed by atoms with van der Waals surface area (Å²) in [5, 5.41) is 9.16. The number of aryl methyl sites for hydroxylation is 3. The molecule has 1 heterocycles. The summed E-state index contributed by atoms with van der Waals surface area (Å²) in [6, 6.07) is 9.55. The summed E-state index contributed by atoms with van der Waals surface area (Å²) in [5.41, 5.74) is 0.994. The van der Waals surface area contributed by atoms with Crippen LogP contribution in [-0.4, -0.2) is 22.2 Å². The Kier molecular flexibility index (Phi) is 6.18. The molecule has 0 atom stereocenters. The molecule has 0 bridgehead atoms. The molecule has 0 aliphatic rings. The second-order valence-electron chi connectivity index (χ2n) is 5.74. The van der Waals surface area contributed by atoms with Gasteiger partial charge in [-0.15, -0.1) is 0 Å². The minimum absolute atomic E-state index is 0.149. The number of aromatic nitrogens is 1. The van der Waals surface area contributed by atoms with Gasteiger partial charge in [-0.05, 0) is 49.4 Å². The van der Waals surface area contributed by atoms with Gasteiger partial charge in [0.1, 0.15) is 11.3 Å². The molecule has 5 nitrogen and oxygen atoms in total. The topological polar surface area (TPSA) is 68.5 Å². The van der Waals surface area contributed by atoms with Crippen molar-refractivity contribution in [3.8, 4) is 5.75 Å². The molecule has 1 aromatic heterocycles. The number of nitrogens with zero attached hydrogens (tertiary/aromatic N) is 1. The zero-order valence-electron chi connectivity index (χ0n) is 14.1. The molecule has 5 heteroatoms. The van der Waals surface area contributed by atoms with E-state index in [4.69, 9.17) is 9.84 Å². The maximum Gasteiger partial charge on any atom is 0.341 e. The van der Waals surface area contributed by atoms with Crippen LogP contribution in [0.25, 0.3) is 0 Å². The van der Waals surface area contributed by atoms with Gasteiger partial charge in [0, 0.05) is 12.7 Å². The highest BCUT2D eigenvalue weighted by Crippen LogP contribution is 2.20. The zero-order valence-corrected chi connectivity index (χ0v) is 14.1. The lowest BCUT2D eigenvalue weighted by Gasteiger charge is -2.12. The third-order valence-electron chi connectivity index (χ3n) is 3.87. The average molecular weight is 329 g/mol. The summed E-state index contributed by atoms with van der Waals surface area (Å²) >= 11 is 0. The Balaban J connectivity index is 2.07. The number of benzene rings is 1. The Labute approximate surface area is 141 Å². The largest absolute Gasteiger partial charge is 0.493 e. The minimum Gasteiger partial charge on any atom is -0.493 e. The fourth-order valence-corrected chi connectivity index (χ4v) is 2.60. The number of rotatable bonds is 8. The number of carboxylic acids is 1. The summed E-state index contributed by atoms with van der Waals surface area (Å²) in [5.74, 6) is -0.299. The van der Waals surface area contributed by atoms with Gasteiger partial charge in [-0.1, -0.05) is 25.1 Å². The van der Waals surface area contributed by atoms with Crippen LogP contribution in [0, 0.1) is 6.92 Å². The smallest absolute Gasteiger partial charge is 0.341 e. The monoisotopic (exact) mass is 329 g/mol. The van der Waals surface area contributed by atoms with E-state index >= 15 is 0 Å². The highest BCUT2D eigenvalue weighted by atomic mass is 16.5. The Bertz CT molecular complexity index is 764. The van der Waals surface area contributed by atoms with E-state index in [1.54, 1.807) is 19.2 Å². The van der Waals surface area contributed by atoms with E-state index in [9.17, 15) is 9.59 Å². The van der Waals surface area contributed by atoms with Gasteiger partial charge in [0.2, 0.25) is 0 Å². The first-order chi connectivity index (χ1) is 11.5. The molecule has 128 valence electrons. The first-order valence-electron chi connectivity index (χ1n) is 8.18. The Hall–Kier alpha value is -2.56. The number of para-hydroxylation sites is 1. The maximum atomic E-state index is 12.2. The number of carboxylic acid groups (broad SMARTS) is 1. The summed E-state index contributed by atoms with van der Waals surface area (Å²) in [4.78, 5) is 23.4. The quantitative estimate of drug-likeness (QED) is 0.807. The lowest BCUT2D eigenvalue weighted by Crippen LogP contribution is -2.27. The van der Waals surface area contributed by atoms with Crippen molar-refractivity contribution in [3.63, 3.8) is 0 Å². The van der Waals surface area contributed by atoms with Crippen molar-refractivity contribution < 1.29 is 14.6 Å². The van der Waals surface area contributed by atoms with E-state index in [1.807, 2.05) is 24.3 Å². The molecular formula is C19H23NO4. The lowest BCUT2D eigenvalue weighted by molar-refractivity contribution is 0.0693. The third kappa shape index (κ3) is 4.25. The van der Waals surface area contributed by atoms with E-state index in [-0.39, 0.29) is 5.56 Å². The fourth-order valence-electron chi connectivity index (χ4n) is 2.60. The van der Waals surface area contributed by atoms with E-state index in [0.29, 0.717) is 18.7 Å². The molecule has 1 aromatic carbocycles. The number of aromatic carboxylic acids is 1. The van der Waals surface area contributed by atoms with E-state index < -0.39 is 11.5 Å². The number of hydrogen-bond acceptors (Lipinski definition) is 3. The number of hydrogen-bond donors (Lipinski definition) is 1. The molecule has 0 aliphatic heterocycles. The molecule has 0 saturated carbocycles.